The average molecular weight is 283 g/mol. The van der Waals surface area contributed by atoms with Crippen molar-refractivity contribution in [3.63, 3.8) is 0 Å². The minimum absolute atomic E-state index is 0.695. The Balaban J connectivity index is 2.14. The van der Waals surface area contributed by atoms with Crippen molar-refractivity contribution in [1.29, 1.82) is 0 Å². The van der Waals surface area contributed by atoms with E-state index in [1.165, 1.54) is 32.1 Å². The fourth-order valence-corrected chi connectivity index (χ4v) is 2.89. The molecule has 16 heavy (non-hydrogen) atoms. The van der Waals surface area contributed by atoms with Gasteiger partial charge in [0.1, 0.15) is 10.4 Å². The van der Waals surface area contributed by atoms with Crippen molar-refractivity contribution in [2.45, 2.75) is 45.1 Å². The quantitative estimate of drug-likeness (QED) is 0.779. The molecule has 0 radical (unpaired) electrons. The summed E-state index contributed by atoms with van der Waals surface area (Å²) in [5.74, 6) is 1.11. The van der Waals surface area contributed by atoms with E-state index in [1.54, 1.807) is 0 Å². The van der Waals surface area contributed by atoms with Crippen LogP contribution in [0.25, 0.3) is 0 Å². The highest BCUT2D eigenvalue weighted by molar-refractivity contribution is 9.10. The van der Waals surface area contributed by atoms with E-state index in [0.29, 0.717) is 6.04 Å². The zero-order valence-corrected chi connectivity index (χ0v) is 11.4. The molecular formula is C13H19BrN2. The van der Waals surface area contributed by atoms with Crippen LogP contribution in [0.2, 0.25) is 0 Å². The van der Waals surface area contributed by atoms with Gasteiger partial charge in [-0.3, -0.25) is 0 Å². The van der Waals surface area contributed by atoms with Gasteiger partial charge >= 0.3 is 0 Å². The van der Waals surface area contributed by atoms with Crippen molar-refractivity contribution in [3.8, 4) is 0 Å². The van der Waals surface area contributed by atoms with Gasteiger partial charge in [-0.2, -0.15) is 0 Å². The third-order valence-electron chi connectivity index (χ3n) is 3.35. The second-order valence-electron chi connectivity index (χ2n) is 4.40. The summed E-state index contributed by atoms with van der Waals surface area (Å²) in [5.41, 5.74) is 0. The largest absolute Gasteiger partial charge is 0.354 e. The van der Waals surface area contributed by atoms with Crippen LogP contribution < -0.4 is 4.90 Å². The summed E-state index contributed by atoms with van der Waals surface area (Å²) < 4.78 is 0.930. The van der Waals surface area contributed by atoms with Gasteiger partial charge in [0.05, 0.1) is 0 Å². The highest BCUT2D eigenvalue weighted by atomic mass is 79.9. The first-order chi connectivity index (χ1) is 7.81. The molecule has 2 nitrogen and oxygen atoms in total. The van der Waals surface area contributed by atoms with Crippen molar-refractivity contribution in [2.75, 3.05) is 11.4 Å². The molecule has 1 fully saturated rings. The number of halogens is 1. The molecule has 0 aliphatic heterocycles. The van der Waals surface area contributed by atoms with Gasteiger partial charge in [-0.15, -0.1) is 0 Å². The predicted octanol–water partition coefficient (Wildman–Crippen LogP) is 4.00. The van der Waals surface area contributed by atoms with E-state index >= 15 is 0 Å². The molecule has 3 heteroatoms. The van der Waals surface area contributed by atoms with Gasteiger partial charge in [0.25, 0.3) is 0 Å². The van der Waals surface area contributed by atoms with Crippen molar-refractivity contribution in [3.05, 3.63) is 22.8 Å². The Kier molecular flexibility index (Phi) is 4.22. The van der Waals surface area contributed by atoms with Crippen LogP contribution in [0.5, 0.6) is 0 Å². The number of anilines is 1. The lowest BCUT2D eigenvalue weighted by molar-refractivity contribution is 0.416. The normalized spacial score (nSPS) is 17.4. The van der Waals surface area contributed by atoms with Gasteiger partial charge in [-0.25, -0.2) is 4.98 Å². The first-order valence-electron chi connectivity index (χ1n) is 6.20. The Morgan fingerprint density at radius 1 is 1.31 bits per heavy atom. The molecule has 1 aliphatic carbocycles. The highest BCUT2D eigenvalue weighted by Crippen LogP contribution is 2.26. The number of nitrogens with zero attached hydrogens (tertiary/aromatic N) is 2. The van der Waals surface area contributed by atoms with Gasteiger partial charge < -0.3 is 4.90 Å². The van der Waals surface area contributed by atoms with E-state index in [9.17, 15) is 0 Å². The summed E-state index contributed by atoms with van der Waals surface area (Å²) in [6, 6.07) is 6.86. The van der Waals surface area contributed by atoms with Crippen molar-refractivity contribution in [1.82, 2.24) is 4.98 Å². The topological polar surface area (TPSA) is 16.1 Å². The van der Waals surface area contributed by atoms with E-state index in [-0.39, 0.29) is 0 Å². The van der Waals surface area contributed by atoms with Crippen LogP contribution in [-0.2, 0) is 0 Å². The Morgan fingerprint density at radius 3 is 2.69 bits per heavy atom. The molecule has 2 rings (SSSR count). The van der Waals surface area contributed by atoms with E-state index in [4.69, 9.17) is 0 Å². The summed E-state index contributed by atoms with van der Waals surface area (Å²) in [6.45, 7) is 3.27. The maximum Gasteiger partial charge on any atom is 0.130 e. The molecule has 1 heterocycles. The van der Waals surface area contributed by atoms with Crippen LogP contribution in [0, 0.1) is 0 Å². The molecule has 0 aromatic carbocycles. The molecule has 0 amide bonds. The molecule has 88 valence electrons. The number of aromatic nitrogens is 1. The zero-order valence-electron chi connectivity index (χ0n) is 9.82. The van der Waals surface area contributed by atoms with E-state index in [0.717, 1.165) is 17.0 Å². The molecule has 1 aliphatic rings. The van der Waals surface area contributed by atoms with Crippen LogP contribution >= 0.6 is 15.9 Å². The number of pyridine rings is 1. The second-order valence-corrected chi connectivity index (χ2v) is 5.21. The Morgan fingerprint density at radius 2 is 2.06 bits per heavy atom. The Labute approximate surface area is 106 Å². The fraction of sp³-hybridized carbons (Fsp3) is 0.615. The molecule has 0 N–H and O–H groups in total. The van der Waals surface area contributed by atoms with E-state index in [1.807, 2.05) is 6.07 Å². The van der Waals surface area contributed by atoms with Gasteiger partial charge in [0.15, 0.2) is 0 Å². The van der Waals surface area contributed by atoms with Gasteiger partial charge in [0, 0.05) is 12.6 Å². The Hall–Kier alpha value is -0.570. The van der Waals surface area contributed by atoms with Crippen LogP contribution in [0.3, 0.4) is 0 Å². The first-order valence-corrected chi connectivity index (χ1v) is 6.99. The molecule has 0 atom stereocenters. The molecule has 0 unspecified atom stereocenters. The van der Waals surface area contributed by atoms with E-state index < -0.39 is 0 Å². The molecule has 0 spiro atoms. The minimum atomic E-state index is 0.695. The molecule has 1 aromatic heterocycles. The van der Waals surface area contributed by atoms with Gasteiger partial charge in [-0.05, 0) is 47.8 Å². The summed E-state index contributed by atoms with van der Waals surface area (Å²) in [6.07, 6.45) is 6.79. The maximum absolute atomic E-state index is 4.56. The van der Waals surface area contributed by atoms with Crippen molar-refractivity contribution >= 4 is 21.7 Å². The van der Waals surface area contributed by atoms with Crippen LogP contribution in [-0.4, -0.2) is 17.6 Å². The number of rotatable bonds is 3. The smallest absolute Gasteiger partial charge is 0.130 e. The van der Waals surface area contributed by atoms with Crippen molar-refractivity contribution in [2.24, 2.45) is 0 Å². The number of hydrogen-bond acceptors (Lipinski definition) is 2. The van der Waals surface area contributed by atoms with Gasteiger partial charge in [-0.1, -0.05) is 25.3 Å². The monoisotopic (exact) mass is 282 g/mol. The lowest BCUT2D eigenvalue weighted by Gasteiger charge is -2.34. The molecule has 1 aromatic rings. The maximum atomic E-state index is 4.56. The minimum Gasteiger partial charge on any atom is -0.354 e. The lowest BCUT2D eigenvalue weighted by atomic mass is 9.94. The van der Waals surface area contributed by atoms with Crippen molar-refractivity contribution < 1.29 is 0 Å². The van der Waals surface area contributed by atoms with Gasteiger partial charge in [0.2, 0.25) is 0 Å². The summed E-state index contributed by atoms with van der Waals surface area (Å²) >= 11 is 3.45. The molecule has 1 saturated carbocycles. The lowest BCUT2D eigenvalue weighted by Crippen LogP contribution is -2.37. The van der Waals surface area contributed by atoms with Crippen LogP contribution in [0.15, 0.2) is 22.8 Å². The van der Waals surface area contributed by atoms with E-state index in [2.05, 4.69) is 44.9 Å². The first kappa shape index (κ1) is 11.9. The van der Waals surface area contributed by atoms with Crippen LogP contribution in [0.4, 0.5) is 5.82 Å². The number of hydrogen-bond donors (Lipinski definition) is 0. The molecule has 0 saturated heterocycles. The average Bonchev–Trinajstić information content (AvgIpc) is 2.31. The molecular weight excluding hydrogens is 264 g/mol. The summed E-state index contributed by atoms with van der Waals surface area (Å²) in [4.78, 5) is 7.01. The predicted molar refractivity (Wildman–Crippen MR) is 71.8 cm³/mol. The molecule has 0 bridgehead atoms. The second kappa shape index (κ2) is 5.67. The third kappa shape index (κ3) is 2.76. The SMILES string of the molecule is CCN(c1cccc(Br)n1)C1CCCCC1. The highest BCUT2D eigenvalue weighted by Gasteiger charge is 2.20. The Bertz CT molecular complexity index is 334. The zero-order chi connectivity index (χ0) is 11.4. The fourth-order valence-electron chi connectivity index (χ4n) is 2.56. The summed E-state index contributed by atoms with van der Waals surface area (Å²) in [7, 11) is 0. The third-order valence-corrected chi connectivity index (χ3v) is 3.79. The van der Waals surface area contributed by atoms with Crippen LogP contribution in [0.1, 0.15) is 39.0 Å². The standard InChI is InChI=1S/C13H19BrN2/c1-2-16(11-7-4-3-5-8-11)13-10-6-9-12(14)15-13/h6,9-11H,2-5,7-8H2,1H3. The summed E-state index contributed by atoms with van der Waals surface area (Å²) in [5, 5.41) is 0.